The Morgan fingerprint density at radius 2 is 2.00 bits per heavy atom. The molecule has 0 saturated carbocycles. The van der Waals surface area contributed by atoms with Crippen LogP contribution in [0.5, 0.6) is 0 Å². The molecule has 0 radical (unpaired) electrons. The van der Waals surface area contributed by atoms with Gasteiger partial charge in [0.25, 0.3) is 0 Å². The summed E-state index contributed by atoms with van der Waals surface area (Å²) in [6.07, 6.45) is 5.74. The average molecular weight is 387 g/mol. The summed E-state index contributed by atoms with van der Waals surface area (Å²) in [5, 5.41) is 11.8. The maximum absolute atomic E-state index is 12.6. The van der Waals surface area contributed by atoms with E-state index in [1.54, 1.807) is 30.3 Å². The first-order valence-corrected chi connectivity index (χ1v) is 9.22. The number of aryl methyl sites for hydroxylation is 2. The SMILES string of the molecule is CCN(CCCn1cc[n+](C)c1/C=N/O)S(=O)(=O)c1ccccc1.[Cl-]. The lowest BCUT2D eigenvalue weighted by molar-refractivity contribution is -0.671. The number of rotatable bonds is 8. The van der Waals surface area contributed by atoms with Crippen LogP contribution in [-0.4, -0.2) is 41.8 Å². The first-order chi connectivity index (χ1) is 11.5. The molecule has 0 aliphatic rings. The molecule has 7 nitrogen and oxygen atoms in total. The fourth-order valence-corrected chi connectivity index (χ4v) is 4.06. The zero-order valence-corrected chi connectivity index (χ0v) is 15.9. The Kier molecular flexibility index (Phi) is 8.08. The van der Waals surface area contributed by atoms with E-state index < -0.39 is 10.0 Å². The number of nitrogens with zero attached hydrogens (tertiary/aromatic N) is 4. The average Bonchev–Trinajstić information content (AvgIpc) is 2.93. The Bertz CT molecular complexity index is 791. The van der Waals surface area contributed by atoms with Crippen LogP contribution in [0.1, 0.15) is 19.2 Å². The quantitative estimate of drug-likeness (QED) is 0.252. The Hall–Kier alpha value is -1.90. The molecule has 0 atom stereocenters. The van der Waals surface area contributed by atoms with Crippen molar-refractivity contribution in [3.8, 4) is 0 Å². The van der Waals surface area contributed by atoms with Gasteiger partial charge in [-0.1, -0.05) is 30.3 Å². The molecule has 0 amide bonds. The highest BCUT2D eigenvalue weighted by Crippen LogP contribution is 2.15. The van der Waals surface area contributed by atoms with Crippen molar-refractivity contribution in [1.29, 1.82) is 0 Å². The van der Waals surface area contributed by atoms with Crippen molar-refractivity contribution in [1.82, 2.24) is 8.87 Å². The van der Waals surface area contributed by atoms with E-state index in [0.717, 1.165) is 5.82 Å². The zero-order valence-electron chi connectivity index (χ0n) is 14.3. The molecule has 0 aliphatic heterocycles. The molecule has 1 N–H and O–H groups in total. The maximum atomic E-state index is 12.6. The number of benzene rings is 1. The van der Waals surface area contributed by atoms with Gasteiger partial charge in [-0.25, -0.2) is 17.6 Å². The molecule has 1 aromatic carbocycles. The summed E-state index contributed by atoms with van der Waals surface area (Å²) >= 11 is 0. The summed E-state index contributed by atoms with van der Waals surface area (Å²) in [5.74, 6) is 0.742. The molecule has 0 fully saturated rings. The van der Waals surface area contributed by atoms with E-state index in [2.05, 4.69) is 5.16 Å². The van der Waals surface area contributed by atoms with Crippen molar-refractivity contribution in [2.75, 3.05) is 13.1 Å². The molecule has 9 heteroatoms. The Morgan fingerprint density at radius 3 is 2.60 bits per heavy atom. The van der Waals surface area contributed by atoms with Crippen molar-refractivity contribution in [2.24, 2.45) is 12.2 Å². The number of oxime groups is 1. The van der Waals surface area contributed by atoms with Crippen LogP contribution >= 0.6 is 0 Å². The van der Waals surface area contributed by atoms with E-state index in [1.165, 1.54) is 10.5 Å². The third kappa shape index (κ3) is 5.04. The molecule has 2 aromatic rings. The van der Waals surface area contributed by atoms with Gasteiger partial charge >= 0.3 is 5.82 Å². The van der Waals surface area contributed by atoms with Crippen LogP contribution in [0.3, 0.4) is 0 Å². The number of imidazole rings is 1. The second-order valence-corrected chi connectivity index (χ2v) is 7.31. The monoisotopic (exact) mass is 386 g/mol. The molecule has 0 aliphatic carbocycles. The highest BCUT2D eigenvalue weighted by molar-refractivity contribution is 7.89. The van der Waals surface area contributed by atoms with Gasteiger partial charge in [-0.2, -0.15) is 4.31 Å². The van der Waals surface area contributed by atoms with Gasteiger partial charge in [0.05, 0.1) is 18.5 Å². The predicted octanol–water partition coefficient (Wildman–Crippen LogP) is -1.77. The van der Waals surface area contributed by atoms with Gasteiger partial charge in [0, 0.05) is 13.1 Å². The fraction of sp³-hybridized carbons (Fsp3) is 0.375. The van der Waals surface area contributed by atoms with Crippen LogP contribution in [0.2, 0.25) is 0 Å². The van der Waals surface area contributed by atoms with Crippen molar-refractivity contribution in [2.45, 2.75) is 24.8 Å². The fourth-order valence-electron chi connectivity index (χ4n) is 2.55. The third-order valence-electron chi connectivity index (χ3n) is 3.84. The first-order valence-electron chi connectivity index (χ1n) is 7.78. The van der Waals surface area contributed by atoms with Gasteiger partial charge in [-0.05, 0) is 18.6 Å². The van der Waals surface area contributed by atoms with Gasteiger partial charge in [-0.3, -0.25) is 0 Å². The lowest BCUT2D eigenvalue weighted by Crippen LogP contribution is -3.00. The molecule has 25 heavy (non-hydrogen) atoms. The van der Waals surface area contributed by atoms with E-state index >= 15 is 0 Å². The lowest BCUT2D eigenvalue weighted by Gasteiger charge is -2.20. The van der Waals surface area contributed by atoms with Gasteiger partial charge in [0.2, 0.25) is 10.0 Å². The summed E-state index contributed by atoms with van der Waals surface area (Å²) in [5.41, 5.74) is 0. The van der Waals surface area contributed by atoms with E-state index in [4.69, 9.17) is 5.21 Å². The second-order valence-electron chi connectivity index (χ2n) is 5.37. The highest BCUT2D eigenvalue weighted by atomic mass is 35.5. The van der Waals surface area contributed by atoms with Crippen LogP contribution < -0.4 is 17.0 Å². The largest absolute Gasteiger partial charge is 1.00 e. The van der Waals surface area contributed by atoms with Crippen LogP contribution in [0.15, 0.2) is 52.8 Å². The molecule has 1 heterocycles. The summed E-state index contributed by atoms with van der Waals surface area (Å²) in [4.78, 5) is 0.312. The molecular formula is C16H23ClN4O3S. The number of aromatic nitrogens is 2. The van der Waals surface area contributed by atoms with Crippen molar-refractivity contribution in [3.05, 3.63) is 48.5 Å². The second kappa shape index (κ2) is 9.55. The zero-order chi connectivity index (χ0) is 17.6. The summed E-state index contributed by atoms with van der Waals surface area (Å²) in [6, 6.07) is 8.47. The number of sulfonamides is 1. The van der Waals surface area contributed by atoms with E-state index in [0.29, 0.717) is 31.0 Å². The van der Waals surface area contributed by atoms with Gasteiger partial charge in [0.1, 0.15) is 12.4 Å². The molecule has 0 bridgehead atoms. The summed E-state index contributed by atoms with van der Waals surface area (Å²) in [7, 11) is -1.62. The third-order valence-corrected chi connectivity index (χ3v) is 5.83. The van der Waals surface area contributed by atoms with E-state index in [9.17, 15) is 8.42 Å². The van der Waals surface area contributed by atoms with Gasteiger partial charge < -0.3 is 17.6 Å². The molecular weight excluding hydrogens is 364 g/mol. The minimum absolute atomic E-state index is 0. The highest BCUT2D eigenvalue weighted by Gasteiger charge is 2.22. The van der Waals surface area contributed by atoms with Crippen molar-refractivity contribution < 1.29 is 30.6 Å². The van der Waals surface area contributed by atoms with Crippen molar-refractivity contribution >= 4 is 16.2 Å². The van der Waals surface area contributed by atoms with Crippen LogP contribution in [0.25, 0.3) is 0 Å². The van der Waals surface area contributed by atoms with Crippen LogP contribution in [0.4, 0.5) is 0 Å². The number of halogens is 1. The standard InChI is InChI=1S/C16H22N4O3S.ClH/c1-3-20(24(22,23)15-8-5-4-6-9-15)11-7-10-19-13-12-18(2)16(19)14-17-21;/h4-6,8-9,12-14H,3,7,10-11H2,1-2H3;1H. The Balaban J connectivity index is 0.00000312. The van der Waals surface area contributed by atoms with E-state index in [-0.39, 0.29) is 12.4 Å². The smallest absolute Gasteiger partial charge is 0.303 e. The van der Waals surface area contributed by atoms with E-state index in [1.807, 2.05) is 35.5 Å². The Morgan fingerprint density at radius 1 is 1.32 bits per heavy atom. The minimum atomic E-state index is -3.47. The minimum Gasteiger partial charge on any atom is -1.00 e. The number of hydrogen-bond acceptors (Lipinski definition) is 4. The summed E-state index contributed by atoms with van der Waals surface area (Å²) < 4.78 is 30.5. The van der Waals surface area contributed by atoms with Gasteiger partial charge in [-0.15, -0.1) is 0 Å². The normalized spacial score (nSPS) is 11.8. The maximum Gasteiger partial charge on any atom is 0.303 e. The molecule has 0 spiro atoms. The first kappa shape index (κ1) is 21.1. The molecule has 138 valence electrons. The molecule has 2 rings (SSSR count). The predicted molar refractivity (Wildman–Crippen MR) is 90.5 cm³/mol. The number of hydrogen-bond donors (Lipinski definition) is 1. The van der Waals surface area contributed by atoms with Crippen molar-refractivity contribution in [3.63, 3.8) is 0 Å². The lowest BCUT2D eigenvalue weighted by atomic mass is 10.4. The topological polar surface area (TPSA) is 78.8 Å². The Labute approximate surface area is 154 Å². The molecule has 0 unspecified atom stereocenters. The molecule has 0 saturated heterocycles. The summed E-state index contributed by atoms with van der Waals surface area (Å²) in [6.45, 7) is 3.30. The van der Waals surface area contributed by atoms with Crippen LogP contribution in [0, 0.1) is 0 Å². The molecule has 1 aromatic heterocycles. The van der Waals surface area contributed by atoms with Gasteiger partial charge in [0.15, 0.2) is 6.21 Å². The van der Waals surface area contributed by atoms with Crippen LogP contribution in [-0.2, 0) is 23.6 Å².